The van der Waals surface area contributed by atoms with Gasteiger partial charge in [-0.05, 0) is 56.2 Å². The third-order valence-corrected chi connectivity index (χ3v) is 4.06. The van der Waals surface area contributed by atoms with Crippen LogP contribution in [-0.4, -0.2) is 71.6 Å². The van der Waals surface area contributed by atoms with Gasteiger partial charge < -0.3 is 5.41 Å². The Kier molecular flexibility index (Phi) is 5.80. The van der Waals surface area contributed by atoms with Crippen molar-refractivity contribution in [3.05, 3.63) is 72.3 Å². The zero-order valence-corrected chi connectivity index (χ0v) is 15.8. The van der Waals surface area contributed by atoms with Crippen LogP contribution in [0.2, 0.25) is 0 Å². The summed E-state index contributed by atoms with van der Waals surface area (Å²) in [4.78, 5) is 8.62. The average molecular weight is 399 g/mol. The van der Waals surface area contributed by atoms with Crippen LogP contribution in [0.5, 0.6) is 0 Å². The summed E-state index contributed by atoms with van der Waals surface area (Å²) in [5.41, 5.74) is 4.03. The SMILES string of the molecule is N=C(CN=Cc1ccc(-n2cnnn2)cc1)CN=Cc1ccc(-n2cnnn2)cc1. The lowest BCUT2D eigenvalue weighted by Gasteiger charge is -2.00. The molecule has 4 aromatic rings. The van der Waals surface area contributed by atoms with Gasteiger partial charge in [-0.15, -0.1) is 10.2 Å². The Balaban J connectivity index is 1.24. The second-order valence-electron chi connectivity index (χ2n) is 6.23. The highest BCUT2D eigenvalue weighted by Gasteiger charge is 1.99. The van der Waals surface area contributed by atoms with Crippen molar-refractivity contribution in [1.29, 1.82) is 5.41 Å². The van der Waals surface area contributed by atoms with E-state index in [4.69, 9.17) is 5.41 Å². The second-order valence-corrected chi connectivity index (χ2v) is 6.23. The summed E-state index contributed by atoms with van der Waals surface area (Å²) >= 11 is 0. The van der Waals surface area contributed by atoms with Gasteiger partial charge in [0.05, 0.1) is 30.2 Å². The molecule has 0 fully saturated rings. The number of tetrazole rings is 2. The molecule has 0 aliphatic carbocycles. The van der Waals surface area contributed by atoms with Gasteiger partial charge in [-0.2, -0.15) is 0 Å². The summed E-state index contributed by atoms with van der Waals surface area (Å²) in [6, 6.07) is 15.3. The number of hydrogen-bond acceptors (Lipinski definition) is 9. The van der Waals surface area contributed by atoms with Gasteiger partial charge in [-0.3, -0.25) is 9.98 Å². The number of aromatic nitrogens is 8. The first-order valence-electron chi connectivity index (χ1n) is 9.01. The molecule has 0 aliphatic rings. The second kappa shape index (κ2) is 9.19. The topological polar surface area (TPSA) is 136 Å². The Labute approximate surface area is 171 Å². The van der Waals surface area contributed by atoms with E-state index in [1.54, 1.807) is 21.8 Å². The molecule has 0 saturated heterocycles. The Morgan fingerprint density at radius 1 is 0.733 bits per heavy atom. The van der Waals surface area contributed by atoms with Gasteiger partial charge in [0.25, 0.3) is 0 Å². The molecule has 0 saturated carbocycles. The molecule has 0 radical (unpaired) electrons. The first-order chi connectivity index (χ1) is 14.8. The average Bonchev–Trinajstić information content (AvgIpc) is 3.49. The zero-order valence-electron chi connectivity index (χ0n) is 15.8. The Morgan fingerprint density at radius 2 is 1.17 bits per heavy atom. The fourth-order valence-electron chi connectivity index (χ4n) is 2.56. The molecule has 1 N–H and O–H groups in total. The standard InChI is InChI=1S/C19H17N11/c20-17(11-21-9-15-1-5-18(6-2-15)29-13-23-25-27-29)12-22-10-16-3-7-19(8-4-16)30-14-24-26-28-30/h1-10,13-14,20H,11-12H2. The van der Waals surface area contributed by atoms with E-state index in [0.29, 0.717) is 18.8 Å². The minimum absolute atomic E-state index is 0.296. The highest BCUT2D eigenvalue weighted by Crippen LogP contribution is 2.07. The van der Waals surface area contributed by atoms with Crippen LogP contribution in [0.4, 0.5) is 0 Å². The molecule has 0 spiro atoms. The predicted octanol–water partition coefficient (Wildman–Crippen LogP) is 1.20. The first kappa shape index (κ1) is 18.9. The summed E-state index contributed by atoms with van der Waals surface area (Å²) in [6.45, 7) is 0.592. The first-order valence-corrected chi connectivity index (χ1v) is 9.01. The van der Waals surface area contributed by atoms with Crippen LogP contribution in [-0.2, 0) is 0 Å². The van der Waals surface area contributed by atoms with Crippen molar-refractivity contribution in [2.24, 2.45) is 9.98 Å². The number of hydrogen-bond donors (Lipinski definition) is 1. The van der Waals surface area contributed by atoms with E-state index < -0.39 is 0 Å². The molecule has 0 unspecified atom stereocenters. The molecule has 2 heterocycles. The van der Waals surface area contributed by atoms with Gasteiger partial charge in [-0.1, -0.05) is 24.3 Å². The van der Waals surface area contributed by atoms with Gasteiger partial charge in [-0.25, -0.2) is 9.36 Å². The van der Waals surface area contributed by atoms with E-state index in [1.807, 2.05) is 48.5 Å². The van der Waals surface area contributed by atoms with Crippen LogP contribution >= 0.6 is 0 Å². The number of nitrogens with one attached hydrogen (secondary N) is 1. The normalized spacial score (nSPS) is 11.5. The van der Waals surface area contributed by atoms with Gasteiger partial charge >= 0.3 is 0 Å². The molecule has 148 valence electrons. The molecule has 0 bridgehead atoms. The minimum atomic E-state index is 0.296. The summed E-state index contributed by atoms with van der Waals surface area (Å²) in [7, 11) is 0. The van der Waals surface area contributed by atoms with Crippen molar-refractivity contribution in [3.8, 4) is 11.4 Å². The lowest BCUT2D eigenvalue weighted by Crippen LogP contribution is -2.06. The van der Waals surface area contributed by atoms with E-state index in [9.17, 15) is 0 Å². The number of benzene rings is 2. The lowest BCUT2D eigenvalue weighted by molar-refractivity contribution is 0.789. The van der Waals surface area contributed by atoms with Crippen molar-refractivity contribution in [2.45, 2.75) is 0 Å². The highest BCUT2D eigenvalue weighted by molar-refractivity contribution is 5.90. The maximum Gasteiger partial charge on any atom is 0.143 e. The summed E-state index contributed by atoms with van der Waals surface area (Å²) in [5.74, 6) is 0. The molecule has 0 atom stereocenters. The maximum absolute atomic E-state index is 8.00. The molecular weight excluding hydrogens is 382 g/mol. The zero-order chi connectivity index (χ0) is 20.6. The van der Waals surface area contributed by atoms with Crippen molar-refractivity contribution >= 4 is 18.1 Å². The molecule has 2 aromatic carbocycles. The lowest BCUT2D eigenvalue weighted by atomic mass is 10.2. The van der Waals surface area contributed by atoms with Crippen molar-refractivity contribution in [3.63, 3.8) is 0 Å². The van der Waals surface area contributed by atoms with E-state index in [1.165, 1.54) is 12.7 Å². The monoisotopic (exact) mass is 399 g/mol. The Hall–Kier alpha value is -4.41. The third-order valence-electron chi connectivity index (χ3n) is 4.06. The number of aliphatic imine (C=N–C) groups is 2. The van der Waals surface area contributed by atoms with Gasteiger partial charge in [0.1, 0.15) is 12.7 Å². The van der Waals surface area contributed by atoms with E-state index in [-0.39, 0.29) is 0 Å². The van der Waals surface area contributed by atoms with Gasteiger partial charge in [0.2, 0.25) is 0 Å². The van der Waals surface area contributed by atoms with E-state index in [2.05, 4.69) is 41.0 Å². The smallest absolute Gasteiger partial charge is 0.143 e. The minimum Gasteiger partial charge on any atom is -0.306 e. The summed E-state index contributed by atoms with van der Waals surface area (Å²) < 4.78 is 3.15. The fourth-order valence-corrected chi connectivity index (χ4v) is 2.56. The molecule has 2 aromatic heterocycles. The predicted molar refractivity (Wildman–Crippen MR) is 111 cm³/mol. The quantitative estimate of drug-likeness (QED) is 0.442. The summed E-state index contributed by atoms with van der Waals surface area (Å²) in [6.07, 6.45) is 6.54. The van der Waals surface area contributed by atoms with Gasteiger partial charge in [0.15, 0.2) is 0 Å². The molecule has 11 heteroatoms. The van der Waals surface area contributed by atoms with Crippen molar-refractivity contribution in [1.82, 2.24) is 40.4 Å². The van der Waals surface area contributed by atoms with Crippen LogP contribution in [0.3, 0.4) is 0 Å². The van der Waals surface area contributed by atoms with Crippen LogP contribution in [0.1, 0.15) is 11.1 Å². The third kappa shape index (κ3) is 4.90. The molecular formula is C19H17N11. The maximum atomic E-state index is 8.00. The van der Waals surface area contributed by atoms with Crippen LogP contribution in [0.15, 0.2) is 71.2 Å². The van der Waals surface area contributed by atoms with E-state index >= 15 is 0 Å². The molecule has 11 nitrogen and oxygen atoms in total. The van der Waals surface area contributed by atoms with E-state index in [0.717, 1.165) is 22.5 Å². The van der Waals surface area contributed by atoms with Crippen molar-refractivity contribution < 1.29 is 0 Å². The van der Waals surface area contributed by atoms with Crippen molar-refractivity contribution in [2.75, 3.05) is 13.1 Å². The number of rotatable bonds is 8. The van der Waals surface area contributed by atoms with Gasteiger partial charge in [0, 0.05) is 12.4 Å². The Bertz CT molecular complexity index is 1030. The summed E-state index contributed by atoms with van der Waals surface area (Å²) in [5, 5.41) is 30.1. The molecule has 4 rings (SSSR count). The fraction of sp³-hybridized carbons (Fsp3) is 0.105. The number of nitrogens with zero attached hydrogens (tertiary/aromatic N) is 10. The highest BCUT2D eigenvalue weighted by atomic mass is 15.5. The molecule has 30 heavy (non-hydrogen) atoms. The van der Waals surface area contributed by atoms with Crippen LogP contribution in [0.25, 0.3) is 11.4 Å². The van der Waals surface area contributed by atoms with Crippen LogP contribution < -0.4 is 0 Å². The molecule has 0 amide bonds. The largest absolute Gasteiger partial charge is 0.306 e. The Morgan fingerprint density at radius 3 is 1.53 bits per heavy atom. The molecule has 0 aliphatic heterocycles. The van der Waals surface area contributed by atoms with Crippen LogP contribution in [0, 0.1) is 5.41 Å².